The van der Waals surface area contributed by atoms with Crippen LogP contribution in [0.5, 0.6) is 0 Å². The molecular formula is C8H12ClNOS. The van der Waals surface area contributed by atoms with Crippen molar-refractivity contribution in [3.05, 3.63) is 21.3 Å². The molecule has 0 radical (unpaired) electrons. The van der Waals surface area contributed by atoms with Crippen molar-refractivity contribution >= 4 is 22.9 Å². The normalized spacial score (nSPS) is 14.8. The summed E-state index contributed by atoms with van der Waals surface area (Å²) in [5, 5.41) is 12.1. The minimum Gasteiger partial charge on any atom is -0.386 e. The Hall–Kier alpha value is -0.0900. The number of hydrogen-bond acceptors (Lipinski definition) is 3. The van der Waals surface area contributed by atoms with Crippen LogP contribution in [-0.2, 0) is 0 Å². The van der Waals surface area contributed by atoms with Gasteiger partial charge in [0.05, 0.1) is 5.02 Å². The highest BCUT2D eigenvalue weighted by Crippen LogP contribution is 2.30. The Bertz CT molecular complexity index is 266. The molecule has 0 amide bonds. The maximum absolute atomic E-state index is 9.70. The van der Waals surface area contributed by atoms with Gasteiger partial charge in [0, 0.05) is 15.8 Å². The zero-order chi connectivity index (χ0) is 9.35. The number of thiophene rings is 1. The van der Waals surface area contributed by atoms with E-state index in [-0.39, 0.29) is 0 Å². The maximum Gasteiger partial charge on any atom is 0.106 e. The molecule has 0 aromatic carbocycles. The zero-order valence-electron chi connectivity index (χ0n) is 7.04. The minimum absolute atomic E-state index is 0.617. The topological polar surface area (TPSA) is 46.2 Å². The molecule has 0 saturated carbocycles. The predicted molar refractivity (Wildman–Crippen MR) is 52.6 cm³/mol. The van der Waals surface area contributed by atoms with Crippen LogP contribution in [0.4, 0.5) is 0 Å². The molecule has 0 spiro atoms. The standard InChI is InChI=1S/C8H12ClNOS/c1-8(2,10)7(11)6-3-5(9)4-12-6/h3-4,7,11H,10H2,1-2H3. The number of halogens is 1. The Balaban J connectivity index is 2.85. The summed E-state index contributed by atoms with van der Waals surface area (Å²) in [6.07, 6.45) is -0.644. The van der Waals surface area contributed by atoms with Gasteiger partial charge in [0.1, 0.15) is 6.10 Å². The first-order valence-electron chi connectivity index (χ1n) is 3.62. The highest BCUT2D eigenvalue weighted by molar-refractivity contribution is 7.10. The van der Waals surface area contributed by atoms with Crippen molar-refractivity contribution in [3.63, 3.8) is 0 Å². The molecule has 0 bridgehead atoms. The van der Waals surface area contributed by atoms with Crippen LogP contribution in [0.2, 0.25) is 5.02 Å². The van der Waals surface area contributed by atoms with Crippen LogP contribution < -0.4 is 5.73 Å². The van der Waals surface area contributed by atoms with Gasteiger partial charge in [0.25, 0.3) is 0 Å². The number of hydrogen-bond donors (Lipinski definition) is 2. The molecule has 4 heteroatoms. The molecule has 0 saturated heterocycles. The van der Waals surface area contributed by atoms with Crippen LogP contribution in [0.3, 0.4) is 0 Å². The van der Waals surface area contributed by atoms with Gasteiger partial charge < -0.3 is 10.8 Å². The summed E-state index contributed by atoms with van der Waals surface area (Å²) in [5.74, 6) is 0. The van der Waals surface area contributed by atoms with Gasteiger partial charge in [-0.1, -0.05) is 11.6 Å². The van der Waals surface area contributed by atoms with Crippen molar-refractivity contribution in [2.75, 3.05) is 0 Å². The largest absolute Gasteiger partial charge is 0.386 e. The molecule has 1 rings (SSSR count). The summed E-state index contributed by atoms with van der Waals surface area (Å²) in [4.78, 5) is 0.813. The van der Waals surface area contributed by atoms with Gasteiger partial charge in [-0.25, -0.2) is 0 Å². The van der Waals surface area contributed by atoms with Crippen molar-refractivity contribution in [2.45, 2.75) is 25.5 Å². The monoisotopic (exact) mass is 205 g/mol. The average Bonchev–Trinajstić information content (AvgIpc) is 2.32. The fourth-order valence-electron chi connectivity index (χ4n) is 0.838. The fourth-order valence-corrected chi connectivity index (χ4v) is 2.10. The van der Waals surface area contributed by atoms with Crippen LogP contribution in [-0.4, -0.2) is 10.6 Å². The van der Waals surface area contributed by atoms with E-state index in [1.165, 1.54) is 11.3 Å². The minimum atomic E-state index is -0.644. The van der Waals surface area contributed by atoms with Crippen molar-refractivity contribution in [2.24, 2.45) is 5.73 Å². The van der Waals surface area contributed by atoms with E-state index in [0.717, 1.165) is 4.88 Å². The van der Waals surface area contributed by atoms with Crippen LogP contribution >= 0.6 is 22.9 Å². The maximum atomic E-state index is 9.70. The Morgan fingerprint density at radius 2 is 2.25 bits per heavy atom. The first-order valence-corrected chi connectivity index (χ1v) is 4.88. The third-order valence-electron chi connectivity index (χ3n) is 1.56. The van der Waals surface area contributed by atoms with E-state index in [0.29, 0.717) is 5.02 Å². The van der Waals surface area contributed by atoms with E-state index in [1.54, 1.807) is 25.3 Å². The van der Waals surface area contributed by atoms with E-state index in [4.69, 9.17) is 17.3 Å². The highest BCUT2D eigenvalue weighted by atomic mass is 35.5. The molecule has 3 N–H and O–H groups in total. The summed E-state index contributed by atoms with van der Waals surface area (Å²) in [5.41, 5.74) is 5.12. The number of nitrogens with two attached hydrogens (primary N) is 1. The van der Waals surface area contributed by atoms with Gasteiger partial charge in [-0.15, -0.1) is 11.3 Å². The van der Waals surface area contributed by atoms with Gasteiger partial charge in [0.2, 0.25) is 0 Å². The van der Waals surface area contributed by atoms with Crippen LogP contribution in [0.25, 0.3) is 0 Å². The molecule has 1 unspecified atom stereocenters. The van der Waals surface area contributed by atoms with Crippen LogP contribution in [0, 0.1) is 0 Å². The van der Waals surface area contributed by atoms with Crippen LogP contribution in [0.15, 0.2) is 11.4 Å². The number of aliphatic hydroxyl groups excluding tert-OH is 1. The SMILES string of the molecule is CC(C)(N)C(O)c1cc(Cl)cs1. The van der Waals surface area contributed by atoms with Gasteiger partial charge in [-0.3, -0.25) is 0 Å². The van der Waals surface area contributed by atoms with E-state index < -0.39 is 11.6 Å². The molecule has 12 heavy (non-hydrogen) atoms. The van der Waals surface area contributed by atoms with Crippen molar-refractivity contribution in [3.8, 4) is 0 Å². The second-order valence-corrected chi connectivity index (χ2v) is 4.77. The molecule has 0 fully saturated rings. The summed E-state index contributed by atoms with van der Waals surface area (Å²) < 4.78 is 0. The molecule has 0 aliphatic carbocycles. The first-order chi connectivity index (χ1) is 5.41. The molecule has 1 aromatic heterocycles. The molecule has 68 valence electrons. The second-order valence-electron chi connectivity index (χ2n) is 3.39. The van der Waals surface area contributed by atoms with Gasteiger partial charge in [0.15, 0.2) is 0 Å². The summed E-state index contributed by atoms with van der Waals surface area (Å²) in [7, 11) is 0. The Labute approximate surface area is 81.0 Å². The number of rotatable bonds is 2. The third kappa shape index (κ3) is 2.20. The lowest BCUT2D eigenvalue weighted by Gasteiger charge is -2.24. The molecule has 1 heterocycles. The Kier molecular flexibility index (Phi) is 2.78. The van der Waals surface area contributed by atoms with E-state index in [2.05, 4.69) is 0 Å². The van der Waals surface area contributed by atoms with E-state index >= 15 is 0 Å². The number of aliphatic hydroxyl groups is 1. The fraction of sp³-hybridized carbons (Fsp3) is 0.500. The average molecular weight is 206 g/mol. The first kappa shape index (κ1) is 9.99. The van der Waals surface area contributed by atoms with Crippen molar-refractivity contribution in [1.82, 2.24) is 0 Å². The molecule has 0 aliphatic rings. The Morgan fingerprint density at radius 3 is 2.58 bits per heavy atom. The van der Waals surface area contributed by atoms with E-state index in [1.807, 2.05) is 0 Å². The molecule has 0 aliphatic heterocycles. The van der Waals surface area contributed by atoms with Gasteiger partial charge >= 0.3 is 0 Å². The molecular weight excluding hydrogens is 194 g/mol. The molecule has 1 atom stereocenters. The van der Waals surface area contributed by atoms with Crippen molar-refractivity contribution in [1.29, 1.82) is 0 Å². The third-order valence-corrected chi connectivity index (χ3v) is 2.89. The lowest BCUT2D eigenvalue weighted by molar-refractivity contribution is 0.108. The molecule has 1 aromatic rings. The van der Waals surface area contributed by atoms with Crippen LogP contribution in [0.1, 0.15) is 24.8 Å². The predicted octanol–water partition coefficient (Wildman–Crippen LogP) is 2.17. The lowest BCUT2D eigenvalue weighted by Crippen LogP contribution is -2.38. The highest BCUT2D eigenvalue weighted by Gasteiger charge is 2.25. The van der Waals surface area contributed by atoms with Gasteiger partial charge in [-0.05, 0) is 19.9 Å². The Morgan fingerprint density at radius 1 is 1.67 bits per heavy atom. The smallest absolute Gasteiger partial charge is 0.106 e. The quantitative estimate of drug-likeness (QED) is 0.778. The van der Waals surface area contributed by atoms with E-state index in [9.17, 15) is 5.11 Å². The lowest BCUT2D eigenvalue weighted by atomic mass is 9.98. The van der Waals surface area contributed by atoms with Crippen molar-refractivity contribution < 1.29 is 5.11 Å². The van der Waals surface area contributed by atoms with Gasteiger partial charge in [-0.2, -0.15) is 0 Å². The summed E-state index contributed by atoms with van der Waals surface area (Å²) >= 11 is 7.14. The molecule has 2 nitrogen and oxygen atoms in total. The summed E-state index contributed by atoms with van der Waals surface area (Å²) in [6.45, 7) is 3.57. The summed E-state index contributed by atoms with van der Waals surface area (Å²) in [6, 6.07) is 1.74. The second kappa shape index (κ2) is 3.34. The zero-order valence-corrected chi connectivity index (χ0v) is 8.62.